The normalized spacial score (nSPS) is 21.7. The molecule has 1 atom stereocenters. The molecule has 0 radical (unpaired) electrons. The van der Waals surface area contributed by atoms with Crippen molar-refractivity contribution in [3.8, 4) is 0 Å². The van der Waals surface area contributed by atoms with Crippen molar-refractivity contribution in [3.63, 3.8) is 0 Å². The van der Waals surface area contributed by atoms with Gasteiger partial charge in [-0.25, -0.2) is 0 Å². The van der Waals surface area contributed by atoms with Crippen molar-refractivity contribution in [3.05, 3.63) is 0 Å². The van der Waals surface area contributed by atoms with Gasteiger partial charge in [-0.05, 0) is 64.2 Å². The Morgan fingerprint density at radius 1 is 1.22 bits per heavy atom. The van der Waals surface area contributed by atoms with Crippen LogP contribution in [0.4, 0.5) is 0 Å². The average Bonchev–Trinajstić information content (AvgIpc) is 2.35. The lowest BCUT2D eigenvalue weighted by Crippen LogP contribution is -2.40. The van der Waals surface area contributed by atoms with Gasteiger partial charge in [-0.1, -0.05) is 33.6 Å². The molecule has 1 unspecified atom stereocenters. The fourth-order valence-electron chi connectivity index (χ4n) is 2.97. The summed E-state index contributed by atoms with van der Waals surface area (Å²) < 4.78 is 0. The number of likely N-dealkylation sites (tertiary alicyclic amines) is 1. The van der Waals surface area contributed by atoms with Crippen LogP contribution in [0.1, 0.15) is 65.7 Å². The molecular formula is C16H34N2. The van der Waals surface area contributed by atoms with Crippen LogP contribution >= 0.6 is 0 Å². The zero-order valence-corrected chi connectivity index (χ0v) is 12.9. The van der Waals surface area contributed by atoms with E-state index in [1.54, 1.807) is 0 Å². The second kappa shape index (κ2) is 9.80. The van der Waals surface area contributed by atoms with E-state index in [4.69, 9.17) is 0 Å². The van der Waals surface area contributed by atoms with Crippen LogP contribution in [0, 0.1) is 5.92 Å². The number of nitrogens with zero attached hydrogens (tertiary/aromatic N) is 1. The van der Waals surface area contributed by atoms with Gasteiger partial charge in [0, 0.05) is 6.04 Å². The molecule has 1 saturated heterocycles. The lowest BCUT2D eigenvalue weighted by molar-refractivity contribution is 0.137. The molecule has 2 heteroatoms. The smallest absolute Gasteiger partial charge is 0.00951 e. The molecule has 0 aromatic carbocycles. The van der Waals surface area contributed by atoms with Gasteiger partial charge < -0.3 is 10.2 Å². The number of nitrogens with one attached hydrogen (secondary N) is 1. The summed E-state index contributed by atoms with van der Waals surface area (Å²) in [5.74, 6) is 0.779. The first kappa shape index (κ1) is 16.0. The molecule has 1 heterocycles. The number of piperidine rings is 1. The van der Waals surface area contributed by atoms with Gasteiger partial charge in [0.25, 0.3) is 0 Å². The third-order valence-corrected chi connectivity index (χ3v) is 3.97. The summed E-state index contributed by atoms with van der Waals surface area (Å²) in [4.78, 5) is 2.76. The molecule has 1 N–H and O–H groups in total. The highest BCUT2D eigenvalue weighted by molar-refractivity contribution is 4.76. The molecule has 0 aromatic rings. The number of rotatable bonds is 9. The number of hydrogen-bond donors (Lipinski definition) is 1. The van der Waals surface area contributed by atoms with Gasteiger partial charge in [0.2, 0.25) is 0 Å². The van der Waals surface area contributed by atoms with E-state index in [0.717, 1.165) is 12.0 Å². The summed E-state index contributed by atoms with van der Waals surface area (Å²) >= 11 is 0. The predicted molar refractivity (Wildman–Crippen MR) is 81.1 cm³/mol. The van der Waals surface area contributed by atoms with Gasteiger partial charge >= 0.3 is 0 Å². The minimum Gasteiger partial charge on any atom is -0.316 e. The first-order valence-corrected chi connectivity index (χ1v) is 8.18. The third-order valence-electron chi connectivity index (χ3n) is 3.97. The van der Waals surface area contributed by atoms with E-state index >= 15 is 0 Å². The van der Waals surface area contributed by atoms with E-state index in [1.165, 1.54) is 71.1 Å². The molecule has 1 fully saturated rings. The summed E-state index contributed by atoms with van der Waals surface area (Å²) in [6, 6.07) is 0.896. The average molecular weight is 254 g/mol. The van der Waals surface area contributed by atoms with E-state index in [0.29, 0.717) is 0 Å². The predicted octanol–water partition coefficient (Wildman–Crippen LogP) is 3.67. The Balaban J connectivity index is 2.05. The summed E-state index contributed by atoms with van der Waals surface area (Å²) in [6.07, 6.45) is 9.78. The lowest BCUT2D eigenvalue weighted by Gasteiger charge is -2.35. The van der Waals surface area contributed by atoms with Crippen LogP contribution in [0.15, 0.2) is 0 Å². The fourth-order valence-corrected chi connectivity index (χ4v) is 2.97. The first-order valence-electron chi connectivity index (χ1n) is 8.18. The molecule has 0 spiro atoms. The second-order valence-electron chi connectivity index (χ2n) is 6.28. The molecule has 0 amide bonds. The maximum Gasteiger partial charge on any atom is 0.00951 e. The Hall–Kier alpha value is -0.0800. The molecule has 1 aliphatic rings. The third kappa shape index (κ3) is 6.75. The summed E-state index contributed by atoms with van der Waals surface area (Å²) in [7, 11) is 0. The van der Waals surface area contributed by atoms with E-state index in [9.17, 15) is 0 Å². The molecule has 2 nitrogen and oxygen atoms in total. The zero-order chi connectivity index (χ0) is 13.2. The minimum atomic E-state index is 0.779. The van der Waals surface area contributed by atoms with Crippen LogP contribution in [0.25, 0.3) is 0 Å². The Morgan fingerprint density at radius 2 is 2.06 bits per heavy atom. The molecule has 18 heavy (non-hydrogen) atoms. The summed E-state index contributed by atoms with van der Waals surface area (Å²) in [5, 5.41) is 3.54. The van der Waals surface area contributed by atoms with Crippen LogP contribution in [-0.4, -0.2) is 37.1 Å². The van der Waals surface area contributed by atoms with E-state index in [2.05, 4.69) is 31.0 Å². The number of hydrogen-bond acceptors (Lipinski definition) is 2. The Bertz CT molecular complexity index is 190. The van der Waals surface area contributed by atoms with Crippen molar-refractivity contribution in [1.29, 1.82) is 0 Å². The van der Waals surface area contributed by atoms with Crippen molar-refractivity contribution in [2.75, 3.05) is 26.2 Å². The molecule has 0 aliphatic carbocycles. The van der Waals surface area contributed by atoms with Gasteiger partial charge in [-0.2, -0.15) is 0 Å². The zero-order valence-electron chi connectivity index (χ0n) is 12.9. The van der Waals surface area contributed by atoms with Crippen LogP contribution in [0.3, 0.4) is 0 Å². The molecule has 1 rings (SSSR count). The number of unbranched alkanes of at least 4 members (excludes halogenated alkanes) is 1. The summed E-state index contributed by atoms with van der Waals surface area (Å²) in [5.41, 5.74) is 0. The quantitative estimate of drug-likeness (QED) is 0.632. The lowest BCUT2D eigenvalue weighted by atomic mass is 9.98. The van der Waals surface area contributed by atoms with Crippen LogP contribution in [0.2, 0.25) is 0 Å². The van der Waals surface area contributed by atoms with Crippen molar-refractivity contribution >= 4 is 0 Å². The van der Waals surface area contributed by atoms with E-state index in [1.807, 2.05) is 0 Å². The maximum absolute atomic E-state index is 3.54. The molecule has 108 valence electrons. The van der Waals surface area contributed by atoms with Gasteiger partial charge in [0.15, 0.2) is 0 Å². The monoisotopic (exact) mass is 254 g/mol. The summed E-state index contributed by atoms with van der Waals surface area (Å²) in [6.45, 7) is 11.9. The fraction of sp³-hybridized carbons (Fsp3) is 1.00. The first-order chi connectivity index (χ1) is 8.74. The van der Waals surface area contributed by atoms with Crippen molar-refractivity contribution in [1.82, 2.24) is 10.2 Å². The van der Waals surface area contributed by atoms with Crippen LogP contribution in [0.5, 0.6) is 0 Å². The van der Waals surface area contributed by atoms with E-state index < -0.39 is 0 Å². The van der Waals surface area contributed by atoms with Crippen molar-refractivity contribution in [2.45, 2.75) is 71.8 Å². The van der Waals surface area contributed by atoms with E-state index in [-0.39, 0.29) is 0 Å². The minimum absolute atomic E-state index is 0.779. The highest BCUT2D eigenvalue weighted by atomic mass is 15.2. The largest absolute Gasteiger partial charge is 0.316 e. The Morgan fingerprint density at radius 3 is 2.78 bits per heavy atom. The SMILES string of the molecule is CCCC1CCCCN1CCCCNCC(C)C. The van der Waals surface area contributed by atoms with Crippen LogP contribution in [-0.2, 0) is 0 Å². The molecule has 0 aromatic heterocycles. The standard InChI is InChI=1S/C16H34N2/c1-4-9-16-10-5-7-12-18(16)13-8-6-11-17-14-15(2)3/h15-17H,4-14H2,1-3H3. The van der Waals surface area contributed by atoms with Gasteiger partial charge in [-0.15, -0.1) is 0 Å². The Labute approximate surface area is 115 Å². The highest BCUT2D eigenvalue weighted by Gasteiger charge is 2.20. The maximum atomic E-state index is 3.54. The van der Waals surface area contributed by atoms with Crippen molar-refractivity contribution < 1.29 is 0 Å². The molecule has 1 aliphatic heterocycles. The van der Waals surface area contributed by atoms with Gasteiger partial charge in [0.1, 0.15) is 0 Å². The van der Waals surface area contributed by atoms with Crippen molar-refractivity contribution in [2.24, 2.45) is 5.92 Å². The second-order valence-corrected chi connectivity index (χ2v) is 6.28. The van der Waals surface area contributed by atoms with Crippen LogP contribution < -0.4 is 5.32 Å². The molecule has 0 bridgehead atoms. The molecular weight excluding hydrogens is 220 g/mol. The highest BCUT2D eigenvalue weighted by Crippen LogP contribution is 2.20. The topological polar surface area (TPSA) is 15.3 Å². The Kier molecular flexibility index (Phi) is 8.70. The van der Waals surface area contributed by atoms with Gasteiger partial charge in [0.05, 0.1) is 0 Å². The molecule has 0 saturated carbocycles. The van der Waals surface area contributed by atoms with Gasteiger partial charge in [-0.3, -0.25) is 0 Å².